The predicted molar refractivity (Wildman–Crippen MR) is 101 cm³/mol. The molecule has 1 N–H and O–H groups in total. The van der Waals surface area contributed by atoms with E-state index in [9.17, 15) is 9.18 Å². The van der Waals surface area contributed by atoms with Crippen LogP contribution in [0.15, 0.2) is 36.5 Å². The smallest absolute Gasteiger partial charge is 0.335 e. The van der Waals surface area contributed by atoms with Crippen molar-refractivity contribution in [1.29, 1.82) is 0 Å². The normalized spacial score (nSPS) is 18.9. The van der Waals surface area contributed by atoms with Gasteiger partial charge in [0.15, 0.2) is 5.54 Å². The minimum atomic E-state index is -0.948. The van der Waals surface area contributed by atoms with Crippen molar-refractivity contribution in [2.24, 2.45) is 0 Å². The average Bonchev–Trinajstić information content (AvgIpc) is 2.61. The van der Waals surface area contributed by atoms with Crippen LogP contribution in [0, 0.1) is 5.82 Å². The molecule has 6 heteroatoms. The van der Waals surface area contributed by atoms with E-state index in [0.29, 0.717) is 24.4 Å². The molecular weight excluding hydrogens is 347 g/mol. The summed E-state index contributed by atoms with van der Waals surface area (Å²) in [6.07, 6.45) is 2.85. The van der Waals surface area contributed by atoms with Crippen molar-refractivity contribution in [3.63, 3.8) is 0 Å². The molecule has 0 unspecified atom stereocenters. The third-order valence-corrected chi connectivity index (χ3v) is 4.45. The van der Waals surface area contributed by atoms with Gasteiger partial charge in [0.25, 0.3) is 0 Å². The van der Waals surface area contributed by atoms with Crippen LogP contribution < -0.4 is 10.1 Å². The second-order valence-corrected chi connectivity index (χ2v) is 7.85. The number of carbonyl (C=O) groups excluding carboxylic acids is 1. The summed E-state index contributed by atoms with van der Waals surface area (Å²) in [5.74, 6) is -0.139. The van der Waals surface area contributed by atoms with Crippen LogP contribution in [0.5, 0.6) is 5.88 Å². The van der Waals surface area contributed by atoms with Crippen LogP contribution in [-0.2, 0) is 16.0 Å². The van der Waals surface area contributed by atoms with Gasteiger partial charge in [0, 0.05) is 6.20 Å². The predicted octanol–water partition coefficient (Wildman–Crippen LogP) is 4.11. The maximum absolute atomic E-state index is 13.1. The third-order valence-electron chi connectivity index (χ3n) is 4.45. The van der Waals surface area contributed by atoms with Crippen molar-refractivity contribution >= 4 is 11.7 Å². The number of ether oxygens (including phenoxy) is 2. The number of halogens is 1. The van der Waals surface area contributed by atoms with Crippen molar-refractivity contribution in [3.8, 4) is 5.88 Å². The van der Waals surface area contributed by atoms with Crippen LogP contribution in [0.3, 0.4) is 0 Å². The number of fused-ring (bicyclic) bond motifs is 1. The molecule has 1 atom stereocenters. The lowest BCUT2D eigenvalue weighted by molar-refractivity contribution is -0.162. The Hall–Kier alpha value is -2.63. The molecule has 1 aromatic heterocycles. The molecule has 0 saturated heterocycles. The first kappa shape index (κ1) is 19.1. The Bertz CT molecular complexity index is 830. The Morgan fingerprint density at radius 1 is 1.30 bits per heavy atom. The van der Waals surface area contributed by atoms with Gasteiger partial charge in [-0.1, -0.05) is 19.1 Å². The summed E-state index contributed by atoms with van der Waals surface area (Å²) in [5.41, 5.74) is 1.05. The van der Waals surface area contributed by atoms with Gasteiger partial charge in [-0.05, 0) is 62.9 Å². The fourth-order valence-electron chi connectivity index (χ4n) is 2.94. The number of esters is 1. The van der Waals surface area contributed by atoms with Crippen molar-refractivity contribution < 1.29 is 18.7 Å². The summed E-state index contributed by atoms with van der Waals surface area (Å²) in [7, 11) is 0. The average molecular weight is 372 g/mol. The fourth-order valence-corrected chi connectivity index (χ4v) is 2.94. The summed E-state index contributed by atoms with van der Waals surface area (Å²) >= 11 is 0. The van der Waals surface area contributed by atoms with Gasteiger partial charge in [0.05, 0.1) is 5.69 Å². The Morgan fingerprint density at radius 3 is 2.63 bits per heavy atom. The van der Waals surface area contributed by atoms with E-state index < -0.39 is 11.1 Å². The second kappa shape index (κ2) is 7.18. The van der Waals surface area contributed by atoms with Gasteiger partial charge in [0.2, 0.25) is 5.88 Å². The molecule has 1 aliphatic rings. The molecule has 0 fully saturated rings. The number of nitrogens with zero attached hydrogens (tertiary/aromatic N) is 1. The molecule has 1 aromatic carbocycles. The van der Waals surface area contributed by atoms with Crippen LogP contribution in [0.4, 0.5) is 10.1 Å². The van der Waals surface area contributed by atoms with Gasteiger partial charge < -0.3 is 14.8 Å². The van der Waals surface area contributed by atoms with E-state index in [0.717, 1.165) is 11.1 Å². The molecule has 144 valence electrons. The minimum Gasteiger partial charge on any atom is -0.473 e. The molecule has 3 rings (SSSR count). The number of aromatic nitrogens is 1. The molecule has 2 heterocycles. The van der Waals surface area contributed by atoms with E-state index in [-0.39, 0.29) is 18.4 Å². The number of rotatable bonds is 4. The molecule has 27 heavy (non-hydrogen) atoms. The standard InChI is InChI=1S/C21H25FN2O3/c1-5-21(19(25)27-20(2,3)4)13-26-18-17(24-21)11-15(12-23-18)10-14-6-8-16(22)9-7-14/h6-9,11-12,24H,5,10,13H2,1-4H3/t21-/m0/s1. The summed E-state index contributed by atoms with van der Waals surface area (Å²) in [6, 6.07) is 8.28. The van der Waals surface area contributed by atoms with Crippen LogP contribution >= 0.6 is 0 Å². The van der Waals surface area contributed by atoms with E-state index >= 15 is 0 Å². The second-order valence-electron chi connectivity index (χ2n) is 7.85. The van der Waals surface area contributed by atoms with Gasteiger partial charge in [-0.15, -0.1) is 0 Å². The molecule has 0 bridgehead atoms. The maximum Gasteiger partial charge on any atom is 0.335 e. The third kappa shape index (κ3) is 4.38. The van der Waals surface area contributed by atoms with Crippen LogP contribution in [0.2, 0.25) is 0 Å². The number of hydrogen-bond donors (Lipinski definition) is 1. The van der Waals surface area contributed by atoms with Gasteiger partial charge in [-0.25, -0.2) is 14.2 Å². The van der Waals surface area contributed by atoms with Crippen molar-refractivity contribution in [3.05, 3.63) is 53.5 Å². The zero-order chi connectivity index (χ0) is 19.7. The number of nitrogens with one attached hydrogen (secondary N) is 1. The SMILES string of the molecule is CC[C@@]1(C(=O)OC(C)(C)C)COc2ncc(Cc3ccc(F)cc3)cc2N1. The number of pyridine rings is 1. The lowest BCUT2D eigenvalue weighted by atomic mass is 9.94. The Morgan fingerprint density at radius 2 is 2.00 bits per heavy atom. The molecular formula is C21H25FN2O3. The topological polar surface area (TPSA) is 60.5 Å². The molecule has 1 aliphatic heterocycles. The number of benzene rings is 1. The molecule has 0 saturated carbocycles. The van der Waals surface area contributed by atoms with Gasteiger partial charge >= 0.3 is 5.97 Å². The monoisotopic (exact) mass is 372 g/mol. The number of anilines is 1. The van der Waals surface area contributed by atoms with E-state index in [4.69, 9.17) is 9.47 Å². The van der Waals surface area contributed by atoms with Crippen molar-refractivity contribution in [2.75, 3.05) is 11.9 Å². The first-order valence-electron chi connectivity index (χ1n) is 9.08. The quantitative estimate of drug-likeness (QED) is 0.819. The molecule has 0 amide bonds. The Labute approximate surface area is 158 Å². The zero-order valence-electron chi connectivity index (χ0n) is 16.1. The Kier molecular flexibility index (Phi) is 5.09. The van der Waals surface area contributed by atoms with Crippen molar-refractivity contribution in [2.45, 2.75) is 51.7 Å². The van der Waals surface area contributed by atoms with Gasteiger partial charge in [-0.3, -0.25) is 0 Å². The van der Waals surface area contributed by atoms with Crippen molar-refractivity contribution in [1.82, 2.24) is 4.98 Å². The molecule has 0 aliphatic carbocycles. The van der Waals surface area contributed by atoms with E-state index in [1.807, 2.05) is 33.8 Å². The highest BCUT2D eigenvalue weighted by Crippen LogP contribution is 2.34. The maximum atomic E-state index is 13.1. The summed E-state index contributed by atoms with van der Waals surface area (Å²) in [6.45, 7) is 7.60. The lowest BCUT2D eigenvalue weighted by Crippen LogP contribution is -2.55. The highest BCUT2D eigenvalue weighted by Gasteiger charge is 2.44. The molecule has 5 nitrogen and oxygen atoms in total. The number of hydrogen-bond acceptors (Lipinski definition) is 5. The minimum absolute atomic E-state index is 0.162. The summed E-state index contributed by atoms with van der Waals surface area (Å²) in [5, 5.41) is 3.30. The highest BCUT2D eigenvalue weighted by atomic mass is 19.1. The first-order chi connectivity index (χ1) is 12.7. The largest absolute Gasteiger partial charge is 0.473 e. The van der Waals surface area contributed by atoms with Crippen LogP contribution in [0.1, 0.15) is 45.2 Å². The first-order valence-corrected chi connectivity index (χ1v) is 9.08. The Balaban J connectivity index is 1.83. The zero-order valence-corrected chi connectivity index (χ0v) is 16.1. The lowest BCUT2D eigenvalue weighted by Gasteiger charge is -2.38. The number of carbonyl (C=O) groups is 1. The van der Waals surface area contributed by atoms with Crippen LogP contribution in [0.25, 0.3) is 0 Å². The molecule has 0 radical (unpaired) electrons. The van der Waals surface area contributed by atoms with E-state index in [1.165, 1.54) is 12.1 Å². The van der Waals surface area contributed by atoms with E-state index in [2.05, 4.69) is 10.3 Å². The van der Waals surface area contributed by atoms with Gasteiger partial charge in [-0.2, -0.15) is 0 Å². The van der Waals surface area contributed by atoms with Gasteiger partial charge in [0.1, 0.15) is 18.0 Å². The van der Waals surface area contributed by atoms with Crippen LogP contribution in [-0.4, -0.2) is 28.7 Å². The summed E-state index contributed by atoms with van der Waals surface area (Å²) in [4.78, 5) is 17.1. The van der Waals surface area contributed by atoms with E-state index in [1.54, 1.807) is 18.3 Å². The highest BCUT2D eigenvalue weighted by molar-refractivity contribution is 5.86. The molecule has 2 aromatic rings. The fraction of sp³-hybridized carbons (Fsp3) is 0.429. The summed E-state index contributed by atoms with van der Waals surface area (Å²) < 4.78 is 24.4. The molecule has 0 spiro atoms.